The Morgan fingerprint density at radius 2 is 1.81 bits per heavy atom. The number of aromatic carboxylic acids is 1. The minimum Gasteiger partial charge on any atom is -0.478 e. The maximum absolute atomic E-state index is 11.2. The second kappa shape index (κ2) is 5.71. The number of carboxylic acid groups (broad SMARTS) is 1. The van der Waals surface area contributed by atoms with Gasteiger partial charge in [-0.25, -0.2) is 9.78 Å². The Balaban J connectivity index is 3.20. The van der Waals surface area contributed by atoms with Gasteiger partial charge in [0.25, 0.3) is 0 Å². The summed E-state index contributed by atoms with van der Waals surface area (Å²) in [4.78, 5) is 26.8. The smallest absolute Gasteiger partial charge is 0.335 e. The van der Waals surface area contributed by atoms with Crippen LogP contribution in [0.15, 0.2) is 12.1 Å². The monoisotopic (exact) mass is 293 g/mol. The Bertz CT molecular complexity index is 560. The van der Waals surface area contributed by atoms with Gasteiger partial charge in [-0.2, -0.15) is 0 Å². The number of hydrogen-bond acceptors (Lipinski definition) is 4. The van der Waals surface area contributed by atoms with Crippen LogP contribution >= 0.6 is 0 Å². The molecule has 0 saturated carbocycles. The molecule has 0 fully saturated rings. The van der Waals surface area contributed by atoms with Gasteiger partial charge in [0.15, 0.2) is 0 Å². The third-order valence-electron chi connectivity index (χ3n) is 2.92. The first kappa shape index (κ1) is 16.9. The van der Waals surface area contributed by atoms with E-state index in [1.165, 1.54) is 6.07 Å². The molecule has 1 rings (SSSR count). The summed E-state index contributed by atoms with van der Waals surface area (Å²) in [6.45, 7) is 9.49. The molecule has 4 N–H and O–H groups in total. The van der Waals surface area contributed by atoms with E-state index in [1.807, 2.05) is 34.6 Å². The number of carbonyl (C=O) groups excluding carboxylic acids is 1. The van der Waals surface area contributed by atoms with Crippen molar-refractivity contribution in [2.24, 2.45) is 5.73 Å². The van der Waals surface area contributed by atoms with Crippen molar-refractivity contribution >= 4 is 17.7 Å². The van der Waals surface area contributed by atoms with Crippen LogP contribution < -0.4 is 11.1 Å². The fourth-order valence-electron chi connectivity index (χ4n) is 1.93. The molecule has 0 unspecified atom stereocenters. The van der Waals surface area contributed by atoms with Crippen molar-refractivity contribution in [1.29, 1.82) is 0 Å². The predicted octanol–water partition coefficient (Wildman–Crippen LogP) is 2.14. The summed E-state index contributed by atoms with van der Waals surface area (Å²) < 4.78 is 0. The maximum Gasteiger partial charge on any atom is 0.335 e. The first-order valence-corrected chi connectivity index (χ1v) is 6.73. The molecule has 1 aromatic rings. The first-order chi connectivity index (χ1) is 9.40. The molecule has 0 saturated heterocycles. The number of pyridine rings is 1. The summed E-state index contributed by atoms with van der Waals surface area (Å²) in [5, 5.41) is 12.3. The van der Waals surface area contributed by atoms with Crippen LogP contribution in [0.5, 0.6) is 0 Å². The van der Waals surface area contributed by atoms with Gasteiger partial charge in [0.05, 0.1) is 5.56 Å². The van der Waals surface area contributed by atoms with E-state index in [9.17, 15) is 14.7 Å². The lowest BCUT2D eigenvalue weighted by atomic mass is 9.90. The summed E-state index contributed by atoms with van der Waals surface area (Å²) in [5.41, 5.74) is 5.15. The largest absolute Gasteiger partial charge is 0.478 e. The molecule has 21 heavy (non-hydrogen) atoms. The molecular formula is C15H23N3O3. The third kappa shape index (κ3) is 5.06. The average Bonchev–Trinajstić information content (AvgIpc) is 2.24. The fourth-order valence-corrected chi connectivity index (χ4v) is 1.93. The van der Waals surface area contributed by atoms with Crippen molar-refractivity contribution in [1.82, 2.24) is 4.98 Å². The number of amides is 1. The summed E-state index contributed by atoms with van der Waals surface area (Å²) in [7, 11) is 0. The molecule has 6 heteroatoms. The van der Waals surface area contributed by atoms with Crippen molar-refractivity contribution in [3.63, 3.8) is 0 Å². The molecule has 1 amide bonds. The summed E-state index contributed by atoms with van der Waals surface area (Å²) >= 11 is 0. The van der Waals surface area contributed by atoms with Gasteiger partial charge in [-0.15, -0.1) is 0 Å². The number of anilines is 1. The lowest BCUT2D eigenvalue weighted by Gasteiger charge is -2.27. The second-order valence-electron chi connectivity index (χ2n) is 6.83. The molecule has 0 radical (unpaired) electrons. The molecular weight excluding hydrogens is 270 g/mol. The Kier molecular flexibility index (Phi) is 4.61. The van der Waals surface area contributed by atoms with E-state index in [0.29, 0.717) is 11.5 Å². The molecule has 0 atom stereocenters. The highest BCUT2D eigenvalue weighted by Crippen LogP contribution is 2.25. The van der Waals surface area contributed by atoms with E-state index < -0.39 is 17.4 Å². The number of hydrogen-bond donors (Lipinski definition) is 3. The molecule has 116 valence electrons. The quantitative estimate of drug-likeness (QED) is 0.771. The number of carbonyl (C=O) groups is 2. The minimum atomic E-state index is -1.02. The van der Waals surface area contributed by atoms with E-state index in [4.69, 9.17) is 5.73 Å². The van der Waals surface area contributed by atoms with Crippen LogP contribution in [0, 0.1) is 0 Å². The van der Waals surface area contributed by atoms with Gasteiger partial charge in [0.2, 0.25) is 5.91 Å². The third-order valence-corrected chi connectivity index (χ3v) is 2.92. The van der Waals surface area contributed by atoms with Gasteiger partial charge in [-0.1, -0.05) is 20.8 Å². The Morgan fingerprint density at radius 1 is 1.24 bits per heavy atom. The van der Waals surface area contributed by atoms with Gasteiger partial charge in [0.1, 0.15) is 5.82 Å². The van der Waals surface area contributed by atoms with Crippen LogP contribution in [0.1, 0.15) is 57.1 Å². The highest BCUT2D eigenvalue weighted by Gasteiger charge is 2.24. The lowest BCUT2D eigenvalue weighted by Crippen LogP contribution is -2.36. The van der Waals surface area contributed by atoms with Crippen LogP contribution in [-0.2, 0) is 10.2 Å². The molecule has 0 aliphatic rings. The molecule has 0 aliphatic heterocycles. The van der Waals surface area contributed by atoms with Crippen molar-refractivity contribution in [3.05, 3.63) is 23.4 Å². The van der Waals surface area contributed by atoms with E-state index in [1.54, 1.807) is 6.07 Å². The van der Waals surface area contributed by atoms with Crippen LogP contribution in [0.4, 0.5) is 5.82 Å². The molecule has 0 aliphatic carbocycles. The molecule has 0 spiro atoms. The average molecular weight is 293 g/mol. The van der Waals surface area contributed by atoms with Crippen LogP contribution in [0.25, 0.3) is 0 Å². The van der Waals surface area contributed by atoms with Crippen molar-refractivity contribution in [3.8, 4) is 0 Å². The molecule has 6 nitrogen and oxygen atoms in total. The molecule has 1 aromatic heterocycles. The Morgan fingerprint density at radius 3 is 2.24 bits per heavy atom. The number of nitrogens with zero attached hydrogens (tertiary/aromatic N) is 1. The van der Waals surface area contributed by atoms with E-state index >= 15 is 0 Å². The van der Waals surface area contributed by atoms with Gasteiger partial charge in [-0.05, 0) is 26.0 Å². The highest BCUT2D eigenvalue weighted by molar-refractivity contribution is 5.88. The van der Waals surface area contributed by atoms with Crippen LogP contribution in [0.2, 0.25) is 0 Å². The highest BCUT2D eigenvalue weighted by atomic mass is 16.4. The molecule has 0 bridgehead atoms. The Labute approximate surface area is 124 Å². The zero-order valence-corrected chi connectivity index (χ0v) is 13.2. The SMILES string of the molecule is CC(C)(CC(N)=O)Nc1cc(C(=O)O)cc(C(C)(C)C)n1. The zero-order valence-electron chi connectivity index (χ0n) is 13.2. The summed E-state index contributed by atoms with van der Waals surface area (Å²) in [6, 6.07) is 3.02. The number of nitrogens with two attached hydrogens (primary N) is 1. The number of aromatic nitrogens is 1. The number of nitrogens with one attached hydrogen (secondary N) is 1. The minimum absolute atomic E-state index is 0.122. The molecule has 0 aromatic carbocycles. The second-order valence-corrected chi connectivity index (χ2v) is 6.83. The standard InChI is InChI=1S/C15H23N3O3/c1-14(2,3)10-6-9(13(20)21)7-12(17-10)18-15(4,5)8-11(16)19/h6-7H,8H2,1-5H3,(H2,16,19)(H,17,18)(H,20,21). The summed E-state index contributed by atoms with van der Waals surface area (Å²) in [6.07, 6.45) is 0.122. The Hall–Kier alpha value is -2.11. The fraction of sp³-hybridized carbons (Fsp3) is 0.533. The van der Waals surface area contributed by atoms with Crippen LogP contribution in [-0.4, -0.2) is 27.5 Å². The van der Waals surface area contributed by atoms with Crippen molar-refractivity contribution < 1.29 is 14.7 Å². The van der Waals surface area contributed by atoms with Gasteiger partial charge >= 0.3 is 5.97 Å². The van der Waals surface area contributed by atoms with Gasteiger partial charge in [-0.3, -0.25) is 4.79 Å². The normalized spacial score (nSPS) is 12.0. The topological polar surface area (TPSA) is 105 Å². The molecule has 1 heterocycles. The zero-order chi connectivity index (χ0) is 16.4. The van der Waals surface area contributed by atoms with E-state index in [2.05, 4.69) is 10.3 Å². The van der Waals surface area contributed by atoms with Crippen molar-refractivity contribution in [2.75, 3.05) is 5.32 Å². The number of primary amides is 1. The summed E-state index contributed by atoms with van der Waals surface area (Å²) in [5.74, 6) is -1.03. The lowest BCUT2D eigenvalue weighted by molar-refractivity contribution is -0.118. The van der Waals surface area contributed by atoms with E-state index in [0.717, 1.165) is 0 Å². The first-order valence-electron chi connectivity index (χ1n) is 6.73. The van der Waals surface area contributed by atoms with Crippen molar-refractivity contribution in [2.45, 2.75) is 52.0 Å². The number of rotatable bonds is 5. The van der Waals surface area contributed by atoms with E-state index in [-0.39, 0.29) is 17.4 Å². The van der Waals surface area contributed by atoms with Gasteiger partial charge in [0, 0.05) is 23.1 Å². The maximum atomic E-state index is 11.2. The predicted molar refractivity (Wildman–Crippen MR) is 81.4 cm³/mol. The number of carboxylic acids is 1. The van der Waals surface area contributed by atoms with Gasteiger partial charge < -0.3 is 16.2 Å². The van der Waals surface area contributed by atoms with Crippen LogP contribution in [0.3, 0.4) is 0 Å².